The van der Waals surface area contributed by atoms with E-state index in [1.807, 2.05) is 36.4 Å². The molecule has 0 unspecified atom stereocenters. The Kier molecular flexibility index (Phi) is 6.40. The number of carbonyl (C=O) groups is 2. The number of hydrogen-bond donors (Lipinski definition) is 2. The largest absolute Gasteiger partial charge is 0.480 e. The van der Waals surface area contributed by atoms with Crippen molar-refractivity contribution in [2.75, 3.05) is 6.61 Å². The summed E-state index contributed by atoms with van der Waals surface area (Å²) in [6, 6.07) is 18.4. The number of rotatable bonds is 8. The first-order chi connectivity index (χ1) is 14.1. The average Bonchev–Trinajstić information content (AvgIpc) is 3.24. The summed E-state index contributed by atoms with van der Waals surface area (Å²) in [4.78, 5) is 23.8. The van der Waals surface area contributed by atoms with Crippen LogP contribution in [0.15, 0.2) is 71.3 Å². The average molecular weight is 390 g/mol. The van der Waals surface area contributed by atoms with E-state index in [2.05, 4.69) is 5.32 Å². The van der Waals surface area contributed by atoms with Crippen molar-refractivity contribution in [3.63, 3.8) is 0 Å². The molecule has 0 radical (unpaired) electrons. The van der Waals surface area contributed by atoms with Gasteiger partial charge in [0, 0.05) is 5.56 Å². The van der Waals surface area contributed by atoms with Crippen molar-refractivity contribution in [1.29, 1.82) is 5.26 Å². The van der Waals surface area contributed by atoms with Crippen molar-refractivity contribution in [1.82, 2.24) is 5.32 Å². The number of nitrogens with one attached hydrogen (secondary N) is 1. The molecule has 0 saturated heterocycles. The fraction of sp³-hybridized carbons (Fsp3) is 0.136. The van der Waals surface area contributed by atoms with Crippen LogP contribution < -0.4 is 5.32 Å². The van der Waals surface area contributed by atoms with Crippen molar-refractivity contribution in [2.45, 2.75) is 12.6 Å². The van der Waals surface area contributed by atoms with E-state index in [0.717, 1.165) is 11.1 Å². The lowest BCUT2D eigenvalue weighted by Crippen LogP contribution is -2.43. The van der Waals surface area contributed by atoms with E-state index in [-0.39, 0.29) is 19.0 Å². The second-order valence-corrected chi connectivity index (χ2v) is 6.25. The molecule has 7 nitrogen and oxygen atoms in total. The van der Waals surface area contributed by atoms with Gasteiger partial charge in [0.2, 0.25) is 0 Å². The van der Waals surface area contributed by atoms with Crippen LogP contribution >= 0.6 is 0 Å². The lowest BCUT2D eigenvalue weighted by molar-refractivity contribution is -0.141. The van der Waals surface area contributed by atoms with Crippen LogP contribution in [0.25, 0.3) is 11.1 Å². The topological polar surface area (TPSA) is 113 Å². The van der Waals surface area contributed by atoms with E-state index < -0.39 is 17.9 Å². The third-order valence-corrected chi connectivity index (χ3v) is 4.17. The van der Waals surface area contributed by atoms with Crippen molar-refractivity contribution >= 4 is 11.9 Å². The van der Waals surface area contributed by atoms with Gasteiger partial charge in [0.25, 0.3) is 5.91 Å². The Morgan fingerprint density at radius 3 is 2.48 bits per heavy atom. The lowest BCUT2D eigenvalue weighted by atomic mass is 10.1. The number of carbonyl (C=O) groups excluding carboxylic acids is 1. The molecule has 1 heterocycles. The van der Waals surface area contributed by atoms with Gasteiger partial charge in [-0.25, -0.2) is 4.79 Å². The Bertz CT molecular complexity index is 1020. The molecule has 0 aliphatic heterocycles. The number of nitriles is 1. The van der Waals surface area contributed by atoms with Crippen LogP contribution in [-0.4, -0.2) is 29.6 Å². The minimum atomic E-state index is -1.21. The summed E-state index contributed by atoms with van der Waals surface area (Å²) in [6.07, 6.45) is 1.40. The monoisotopic (exact) mass is 390 g/mol. The second-order valence-electron chi connectivity index (χ2n) is 6.25. The van der Waals surface area contributed by atoms with E-state index in [9.17, 15) is 14.7 Å². The molecule has 2 N–H and O–H groups in total. The maximum Gasteiger partial charge on any atom is 0.328 e. The molecule has 7 heteroatoms. The molecule has 0 aliphatic carbocycles. The molecule has 3 rings (SSSR count). The highest BCUT2D eigenvalue weighted by Gasteiger charge is 2.23. The molecular weight excluding hydrogens is 372 g/mol. The zero-order valence-electron chi connectivity index (χ0n) is 15.4. The number of carboxylic acid groups (broad SMARTS) is 1. The Morgan fingerprint density at radius 2 is 1.83 bits per heavy atom. The van der Waals surface area contributed by atoms with Crippen LogP contribution in [0.2, 0.25) is 0 Å². The van der Waals surface area contributed by atoms with Crippen LogP contribution in [0.4, 0.5) is 0 Å². The summed E-state index contributed by atoms with van der Waals surface area (Å²) in [5.41, 5.74) is 2.84. The summed E-state index contributed by atoms with van der Waals surface area (Å²) in [7, 11) is 0. The molecule has 1 aromatic heterocycles. The fourth-order valence-corrected chi connectivity index (χ4v) is 2.62. The molecular formula is C22H18N2O5. The quantitative estimate of drug-likeness (QED) is 0.611. The van der Waals surface area contributed by atoms with Crippen LogP contribution in [0, 0.1) is 11.3 Å². The van der Waals surface area contributed by atoms with Crippen LogP contribution in [0.3, 0.4) is 0 Å². The van der Waals surface area contributed by atoms with Gasteiger partial charge >= 0.3 is 5.97 Å². The van der Waals surface area contributed by atoms with Gasteiger partial charge in [-0.2, -0.15) is 5.26 Å². The predicted molar refractivity (Wildman–Crippen MR) is 104 cm³/mol. The number of carboxylic acids is 1. The first kappa shape index (κ1) is 19.9. The number of nitrogens with zero attached hydrogens (tertiary/aromatic N) is 1. The zero-order valence-corrected chi connectivity index (χ0v) is 15.4. The van der Waals surface area contributed by atoms with Crippen LogP contribution in [0.5, 0.6) is 0 Å². The standard InChI is InChI=1S/C22H18N2O5/c23-11-15-6-8-17(9-7-15)18-10-20(29-13-18)21(25)24-19(22(26)27)14-28-12-16-4-2-1-3-5-16/h1-10,13,19H,12,14H2,(H,24,25)(H,26,27)/t19-/m0/s1. The molecule has 1 atom stereocenters. The number of benzene rings is 2. The zero-order chi connectivity index (χ0) is 20.6. The summed E-state index contributed by atoms with van der Waals surface area (Å²) in [5.74, 6) is -1.87. The molecule has 0 aliphatic rings. The number of amides is 1. The molecule has 0 bridgehead atoms. The van der Waals surface area contributed by atoms with Crippen molar-refractivity contribution in [3.8, 4) is 17.2 Å². The number of furan rings is 1. The van der Waals surface area contributed by atoms with Crippen LogP contribution in [-0.2, 0) is 16.1 Å². The van der Waals surface area contributed by atoms with Gasteiger partial charge in [-0.05, 0) is 29.3 Å². The molecule has 3 aromatic rings. The molecule has 1 amide bonds. The third-order valence-electron chi connectivity index (χ3n) is 4.17. The van der Waals surface area contributed by atoms with Crippen molar-refractivity contribution in [3.05, 3.63) is 83.8 Å². The summed E-state index contributed by atoms with van der Waals surface area (Å²) in [6.45, 7) is 0.0588. The predicted octanol–water partition coefficient (Wildman–Crippen LogP) is 3.22. The van der Waals surface area contributed by atoms with Gasteiger partial charge in [-0.3, -0.25) is 4.79 Å². The minimum Gasteiger partial charge on any atom is -0.480 e. The second kappa shape index (κ2) is 9.35. The lowest BCUT2D eigenvalue weighted by Gasteiger charge is -2.14. The minimum absolute atomic E-state index is 0.0151. The molecule has 0 fully saturated rings. The Hall–Kier alpha value is -3.89. The molecule has 0 spiro atoms. The number of ether oxygens (including phenoxy) is 1. The van der Waals surface area contributed by atoms with Gasteiger partial charge in [-0.15, -0.1) is 0 Å². The van der Waals surface area contributed by atoms with Gasteiger partial charge < -0.3 is 19.6 Å². The first-order valence-electron chi connectivity index (χ1n) is 8.81. The SMILES string of the molecule is N#Cc1ccc(-c2coc(C(=O)N[C@@H](COCc3ccccc3)C(=O)O)c2)cc1. The fourth-order valence-electron chi connectivity index (χ4n) is 2.62. The van der Waals surface area contributed by atoms with E-state index >= 15 is 0 Å². The summed E-state index contributed by atoms with van der Waals surface area (Å²) in [5, 5.41) is 20.6. The highest BCUT2D eigenvalue weighted by Crippen LogP contribution is 2.22. The first-order valence-corrected chi connectivity index (χ1v) is 8.81. The van der Waals surface area contributed by atoms with Crippen molar-refractivity contribution < 1.29 is 23.8 Å². The smallest absolute Gasteiger partial charge is 0.328 e. The third kappa shape index (κ3) is 5.31. The Balaban J connectivity index is 1.60. The molecule has 146 valence electrons. The normalized spacial score (nSPS) is 11.4. The molecule has 0 saturated carbocycles. The number of aliphatic carboxylic acids is 1. The summed E-state index contributed by atoms with van der Waals surface area (Å²) < 4.78 is 10.7. The van der Waals surface area contributed by atoms with E-state index in [1.165, 1.54) is 12.3 Å². The van der Waals surface area contributed by atoms with Gasteiger partial charge in [0.15, 0.2) is 11.8 Å². The maximum atomic E-state index is 12.4. The van der Waals surface area contributed by atoms with Gasteiger partial charge in [0.1, 0.15) is 0 Å². The molecule has 29 heavy (non-hydrogen) atoms. The maximum absolute atomic E-state index is 12.4. The molecule has 2 aromatic carbocycles. The van der Waals surface area contributed by atoms with E-state index in [4.69, 9.17) is 14.4 Å². The van der Waals surface area contributed by atoms with Gasteiger partial charge in [-0.1, -0.05) is 42.5 Å². The van der Waals surface area contributed by atoms with E-state index in [1.54, 1.807) is 24.3 Å². The van der Waals surface area contributed by atoms with Gasteiger partial charge in [0.05, 0.1) is 31.1 Å². The van der Waals surface area contributed by atoms with Crippen molar-refractivity contribution in [2.24, 2.45) is 0 Å². The Morgan fingerprint density at radius 1 is 1.10 bits per heavy atom. The highest BCUT2D eigenvalue weighted by atomic mass is 16.5. The van der Waals surface area contributed by atoms with E-state index in [0.29, 0.717) is 11.1 Å². The highest BCUT2D eigenvalue weighted by molar-refractivity contribution is 5.95. The Labute approximate surface area is 167 Å². The summed E-state index contributed by atoms with van der Waals surface area (Å²) >= 11 is 0. The number of hydrogen-bond acceptors (Lipinski definition) is 5. The van der Waals surface area contributed by atoms with Crippen LogP contribution in [0.1, 0.15) is 21.7 Å².